The third-order valence-corrected chi connectivity index (χ3v) is 3.43. The van der Waals surface area contributed by atoms with Gasteiger partial charge in [-0.25, -0.2) is 0 Å². The Kier molecular flexibility index (Phi) is 7.14. The third kappa shape index (κ3) is 6.12. The van der Waals surface area contributed by atoms with Crippen molar-refractivity contribution in [2.45, 2.75) is 12.8 Å². The monoisotopic (exact) mass is 313 g/mol. The van der Waals surface area contributed by atoms with Gasteiger partial charge in [0.05, 0.1) is 0 Å². The van der Waals surface area contributed by atoms with Crippen molar-refractivity contribution >= 4 is 5.91 Å². The highest BCUT2D eigenvalue weighted by Crippen LogP contribution is 2.21. The van der Waals surface area contributed by atoms with E-state index in [9.17, 15) is 4.79 Å². The van der Waals surface area contributed by atoms with E-state index in [2.05, 4.69) is 17.4 Å². The smallest absolute Gasteiger partial charge is 0.257 e. The van der Waals surface area contributed by atoms with Crippen molar-refractivity contribution in [3.8, 4) is 16.9 Å². The van der Waals surface area contributed by atoms with Crippen molar-refractivity contribution in [3.05, 3.63) is 54.6 Å². The fraction of sp³-hybridized carbons (Fsp3) is 0.316. The first-order chi connectivity index (χ1) is 11.3. The second-order valence-corrected chi connectivity index (χ2v) is 5.23. The summed E-state index contributed by atoms with van der Waals surface area (Å²) in [7, 11) is 1.68. The van der Waals surface area contributed by atoms with Crippen molar-refractivity contribution in [3.63, 3.8) is 0 Å². The van der Waals surface area contributed by atoms with Gasteiger partial charge in [0.15, 0.2) is 6.61 Å². The molecule has 0 bridgehead atoms. The van der Waals surface area contributed by atoms with Crippen molar-refractivity contribution in [1.82, 2.24) is 5.32 Å². The Labute approximate surface area is 137 Å². The van der Waals surface area contributed by atoms with E-state index in [1.165, 1.54) is 0 Å². The maximum absolute atomic E-state index is 11.7. The number of carbonyl (C=O) groups is 1. The van der Waals surface area contributed by atoms with Crippen LogP contribution in [0.2, 0.25) is 0 Å². The van der Waals surface area contributed by atoms with Gasteiger partial charge >= 0.3 is 0 Å². The van der Waals surface area contributed by atoms with Gasteiger partial charge in [-0.05, 0) is 36.1 Å². The molecule has 0 aliphatic carbocycles. The Hall–Kier alpha value is -2.33. The molecule has 0 spiro atoms. The van der Waals surface area contributed by atoms with Crippen LogP contribution in [0.3, 0.4) is 0 Å². The predicted molar refractivity (Wildman–Crippen MR) is 91.5 cm³/mol. The number of hydrogen-bond donors (Lipinski definition) is 1. The molecular formula is C19H23NO3. The van der Waals surface area contributed by atoms with Gasteiger partial charge in [-0.3, -0.25) is 4.79 Å². The Morgan fingerprint density at radius 1 is 0.957 bits per heavy atom. The summed E-state index contributed by atoms with van der Waals surface area (Å²) in [5, 5.41) is 2.83. The zero-order chi connectivity index (χ0) is 16.3. The average molecular weight is 313 g/mol. The molecule has 0 saturated carbocycles. The first-order valence-corrected chi connectivity index (χ1v) is 7.83. The van der Waals surface area contributed by atoms with Gasteiger partial charge in [-0.15, -0.1) is 0 Å². The third-order valence-electron chi connectivity index (χ3n) is 3.43. The summed E-state index contributed by atoms with van der Waals surface area (Å²) in [6.45, 7) is 1.41. The number of nitrogens with one attached hydrogen (secondary N) is 1. The molecule has 0 saturated heterocycles. The van der Waals surface area contributed by atoms with Gasteiger partial charge in [0, 0.05) is 20.3 Å². The van der Waals surface area contributed by atoms with Crippen LogP contribution in [-0.2, 0) is 9.53 Å². The highest BCUT2D eigenvalue weighted by Gasteiger charge is 2.03. The average Bonchev–Trinajstić information content (AvgIpc) is 2.61. The summed E-state index contributed by atoms with van der Waals surface area (Å²) >= 11 is 0. The Balaban J connectivity index is 1.73. The highest BCUT2D eigenvalue weighted by atomic mass is 16.5. The van der Waals surface area contributed by atoms with Gasteiger partial charge in [0.25, 0.3) is 5.91 Å². The number of ether oxygens (including phenoxy) is 2. The fourth-order valence-corrected chi connectivity index (χ4v) is 2.17. The minimum absolute atomic E-state index is 0.0367. The molecule has 0 aromatic heterocycles. The van der Waals surface area contributed by atoms with Crippen molar-refractivity contribution in [2.24, 2.45) is 0 Å². The highest BCUT2D eigenvalue weighted by molar-refractivity contribution is 5.77. The molecule has 2 aromatic rings. The molecule has 4 heteroatoms. The summed E-state index contributed by atoms with van der Waals surface area (Å²) in [5.41, 5.74) is 2.29. The lowest BCUT2D eigenvalue weighted by Gasteiger charge is -2.08. The summed E-state index contributed by atoms with van der Waals surface area (Å²) in [5.74, 6) is 0.591. The molecule has 23 heavy (non-hydrogen) atoms. The molecule has 0 radical (unpaired) electrons. The Morgan fingerprint density at radius 2 is 1.65 bits per heavy atom. The van der Waals surface area contributed by atoms with Gasteiger partial charge in [0.2, 0.25) is 0 Å². The van der Waals surface area contributed by atoms with Gasteiger partial charge < -0.3 is 14.8 Å². The molecule has 4 nitrogen and oxygen atoms in total. The van der Waals surface area contributed by atoms with Crippen LogP contribution in [-0.4, -0.2) is 32.8 Å². The van der Waals surface area contributed by atoms with Crippen molar-refractivity contribution < 1.29 is 14.3 Å². The molecule has 0 atom stereocenters. The fourth-order valence-electron chi connectivity index (χ4n) is 2.17. The number of hydrogen-bond acceptors (Lipinski definition) is 3. The lowest BCUT2D eigenvalue weighted by Crippen LogP contribution is -2.29. The van der Waals surface area contributed by atoms with Gasteiger partial charge in [0.1, 0.15) is 5.75 Å². The number of unbranched alkanes of at least 4 members (excludes halogenated alkanes) is 1. The number of carbonyl (C=O) groups excluding carboxylic acids is 1. The summed E-state index contributed by atoms with van der Waals surface area (Å²) in [6.07, 6.45) is 1.85. The topological polar surface area (TPSA) is 47.6 Å². The lowest BCUT2D eigenvalue weighted by molar-refractivity contribution is -0.123. The largest absolute Gasteiger partial charge is 0.484 e. The van der Waals surface area contributed by atoms with Gasteiger partial charge in [-0.2, -0.15) is 0 Å². The Morgan fingerprint density at radius 3 is 2.35 bits per heavy atom. The normalized spacial score (nSPS) is 10.3. The van der Waals surface area contributed by atoms with Crippen LogP contribution < -0.4 is 10.1 Å². The first-order valence-electron chi connectivity index (χ1n) is 7.83. The molecule has 1 amide bonds. The number of methoxy groups -OCH3 is 1. The lowest BCUT2D eigenvalue weighted by atomic mass is 10.1. The summed E-state index contributed by atoms with van der Waals surface area (Å²) in [4.78, 5) is 11.7. The standard InChI is InChI=1S/C19H23NO3/c1-22-14-6-5-13-20-19(21)15-23-18-11-9-17(10-12-18)16-7-3-2-4-8-16/h2-4,7-12H,5-6,13-15H2,1H3,(H,20,21). The van der Waals surface area contributed by atoms with E-state index in [-0.39, 0.29) is 12.5 Å². The molecule has 0 fully saturated rings. The second-order valence-electron chi connectivity index (χ2n) is 5.23. The Bertz CT molecular complexity index is 581. The van der Waals surface area contributed by atoms with Gasteiger partial charge in [-0.1, -0.05) is 42.5 Å². The predicted octanol–water partition coefficient (Wildman–Crippen LogP) is 3.28. The van der Waals surface area contributed by atoms with Crippen LogP contribution in [0.1, 0.15) is 12.8 Å². The minimum Gasteiger partial charge on any atom is -0.484 e. The zero-order valence-electron chi connectivity index (χ0n) is 13.5. The SMILES string of the molecule is COCCCCNC(=O)COc1ccc(-c2ccccc2)cc1. The number of benzene rings is 2. The minimum atomic E-state index is -0.102. The second kappa shape index (κ2) is 9.64. The van der Waals surface area contributed by atoms with Crippen LogP contribution >= 0.6 is 0 Å². The number of rotatable bonds is 9. The quantitative estimate of drug-likeness (QED) is 0.723. The molecule has 0 aliphatic rings. The summed E-state index contributed by atoms with van der Waals surface area (Å²) < 4.78 is 10.5. The van der Waals surface area contributed by atoms with Crippen molar-refractivity contribution in [2.75, 3.05) is 26.9 Å². The van der Waals surface area contributed by atoms with E-state index in [1.807, 2.05) is 42.5 Å². The molecule has 0 heterocycles. The molecule has 0 unspecified atom stereocenters. The molecule has 122 valence electrons. The number of amides is 1. The van der Waals surface area contributed by atoms with Crippen LogP contribution in [0.4, 0.5) is 0 Å². The van der Waals surface area contributed by atoms with E-state index in [4.69, 9.17) is 9.47 Å². The maximum Gasteiger partial charge on any atom is 0.257 e. The van der Waals surface area contributed by atoms with E-state index in [0.29, 0.717) is 12.3 Å². The summed E-state index contributed by atoms with van der Waals surface area (Å²) in [6, 6.07) is 17.9. The zero-order valence-corrected chi connectivity index (χ0v) is 13.5. The first kappa shape index (κ1) is 17.0. The van der Waals surface area contributed by atoms with Crippen LogP contribution in [0, 0.1) is 0 Å². The van der Waals surface area contributed by atoms with E-state index < -0.39 is 0 Å². The van der Waals surface area contributed by atoms with E-state index >= 15 is 0 Å². The van der Waals surface area contributed by atoms with E-state index in [1.54, 1.807) is 7.11 Å². The van der Waals surface area contributed by atoms with Crippen LogP contribution in [0.5, 0.6) is 5.75 Å². The van der Waals surface area contributed by atoms with Crippen LogP contribution in [0.25, 0.3) is 11.1 Å². The molecule has 1 N–H and O–H groups in total. The van der Waals surface area contributed by atoms with Crippen LogP contribution in [0.15, 0.2) is 54.6 Å². The molecular weight excluding hydrogens is 290 g/mol. The van der Waals surface area contributed by atoms with Crippen molar-refractivity contribution in [1.29, 1.82) is 0 Å². The molecule has 2 rings (SSSR count). The molecule has 0 aliphatic heterocycles. The molecule has 2 aromatic carbocycles. The van der Waals surface area contributed by atoms with E-state index in [0.717, 1.165) is 30.6 Å². The maximum atomic E-state index is 11.7.